The van der Waals surface area contributed by atoms with E-state index in [4.69, 9.17) is 5.73 Å². The number of rotatable bonds is 2. The van der Waals surface area contributed by atoms with E-state index in [1.807, 2.05) is 12.3 Å². The smallest absolute Gasteiger partial charge is 0.0549 e. The molecular formula is C12H19N3. The van der Waals surface area contributed by atoms with Crippen LogP contribution in [0, 0.1) is 5.41 Å². The van der Waals surface area contributed by atoms with Crippen molar-refractivity contribution >= 4 is 11.4 Å². The molecule has 0 radical (unpaired) electrons. The molecule has 0 spiro atoms. The van der Waals surface area contributed by atoms with E-state index in [1.54, 1.807) is 6.20 Å². The Kier molecular flexibility index (Phi) is 2.55. The largest absolute Gasteiger partial charge is 0.397 e. The summed E-state index contributed by atoms with van der Waals surface area (Å²) in [4.78, 5) is 4.09. The molecule has 15 heavy (non-hydrogen) atoms. The Hall–Kier alpha value is -1.25. The van der Waals surface area contributed by atoms with Crippen LogP contribution in [0.5, 0.6) is 0 Å². The first-order valence-corrected chi connectivity index (χ1v) is 5.55. The first-order chi connectivity index (χ1) is 7.08. The van der Waals surface area contributed by atoms with E-state index in [-0.39, 0.29) is 0 Å². The molecule has 1 saturated carbocycles. The van der Waals surface area contributed by atoms with Crippen molar-refractivity contribution in [2.75, 3.05) is 11.1 Å². The van der Waals surface area contributed by atoms with E-state index in [2.05, 4.69) is 24.1 Å². The lowest BCUT2D eigenvalue weighted by atomic mass is 9.87. The average Bonchev–Trinajstić information content (AvgIpc) is 2.46. The summed E-state index contributed by atoms with van der Waals surface area (Å²) in [5.74, 6) is 0. The van der Waals surface area contributed by atoms with E-state index in [0.29, 0.717) is 11.5 Å². The minimum atomic E-state index is 0.380. The van der Waals surface area contributed by atoms with Gasteiger partial charge in [0.1, 0.15) is 0 Å². The molecule has 1 atom stereocenters. The van der Waals surface area contributed by atoms with Crippen LogP contribution in [0.15, 0.2) is 18.5 Å². The third kappa shape index (κ3) is 2.22. The molecule has 1 fully saturated rings. The monoisotopic (exact) mass is 205 g/mol. The SMILES string of the molecule is CC1(C)CCCC1Nc1cncc(N)c1. The van der Waals surface area contributed by atoms with Crippen LogP contribution in [0.4, 0.5) is 11.4 Å². The molecule has 0 amide bonds. The van der Waals surface area contributed by atoms with E-state index >= 15 is 0 Å². The summed E-state index contributed by atoms with van der Waals surface area (Å²) in [7, 11) is 0. The molecule has 1 aliphatic carbocycles. The summed E-state index contributed by atoms with van der Waals surface area (Å²) in [6, 6.07) is 2.49. The maximum absolute atomic E-state index is 5.70. The van der Waals surface area contributed by atoms with Crippen LogP contribution in [-0.2, 0) is 0 Å². The minimum Gasteiger partial charge on any atom is -0.397 e. The number of nitrogens with zero attached hydrogens (tertiary/aromatic N) is 1. The lowest BCUT2D eigenvalue weighted by Crippen LogP contribution is -2.30. The van der Waals surface area contributed by atoms with Crippen LogP contribution in [0.2, 0.25) is 0 Å². The molecule has 3 heteroatoms. The van der Waals surface area contributed by atoms with Crippen molar-refractivity contribution in [3.05, 3.63) is 18.5 Å². The third-order valence-electron chi connectivity index (χ3n) is 3.36. The summed E-state index contributed by atoms with van der Waals surface area (Å²) >= 11 is 0. The number of nitrogens with one attached hydrogen (secondary N) is 1. The predicted molar refractivity (Wildman–Crippen MR) is 63.7 cm³/mol. The van der Waals surface area contributed by atoms with Gasteiger partial charge < -0.3 is 11.1 Å². The molecule has 0 aromatic carbocycles. The highest BCUT2D eigenvalue weighted by atomic mass is 15.0. The summed E-state index contributed by atoms with van der Waals surface area (Å²) < 4.78 is 0. The number of nitrogens with two attached hydrogens (primary N) is 1. The fourth-order valence-corrected chi connectivity index (χ4v) is 2.33. The lowest BCUT2D eigenvalue weighted by molar-refractivity contribution is 0.350. The van der Waals surface area contributed by atoms with Crippen LogP contribution in [0.1, 0.15) is 33.1 Å². The van der Waals surface area contributed by atoms with Crippen LogP contribution < -0.4 is 11.1 Å². The molecule has 82 valence electrons. The molecule has 2 rings (SSSR count). The van der Waals surface area contributed by atoms with E-state index in [9.17, 15) is 0 Å². The molecule has 0 bridgehead atoms. The van der Waals surface area contributed by atoms with Crippen molar-refractivity contribution in [2.24, 2.45) is 5.41 Å². The number of anilines is 2. The van der Waals surface area contributed by atoms with Gasteiger partial charge in [-0.1, -0.05) is 20.3 Å². The van der Waals surface area contributed by atoms with Crippen LogP contribution in [-0.4, -0.2) is 11.0 Å². The van der Waals surface area contributed by atoms with Gasteiger partial charge in [0.2, 0.25) is 0 Å². The first kappa shape index (κ1) is 10.3. The average molecular weight is 205 g/mol. The fraction of sp³-hybridized carbons (Fsp3) is 0.583. The minimum absolute atomic E-state index is 0.380. The van der Waals surface area contributed by atoms with Gasteiger partial charge in [0.05, 0.1) is 17.6 Å². The van der Waals surface area contributed by atoms with Crippen LogP contribution in [0.25, 0.3) is 0 Å². The Labute approximate surface area is 91.1 Å². The molecule has 1 aromatic rings. The first-order valence-electron chi connectivity index (χ1n) is 5.55. The maximum atomic E-state index is 5.70. The number of nitrogen functional groups attached to an aromatic ring is 1. The molecule has 0 aliphatic heterocycles. The normalized spacial score (nSPS) is 24.0. The van der Waals surface area contributed by atoms with E-state index in [0.717, 1.165) is 11.4 Å². The van der Waals surface area contributed by atoms with Gasteiger partial charge in [-0.3, -0.25) is 4.98 Å². The van der Waals surface area contributed by atoms with Crippen molar-refractivity contribution in [2.45, 2.75) is 39.2 Å². The Morgan fingerprint density at radius 1 is 1.47 bits per heavy atom. The molecule has 3 nitrogen and oxygen atoms in total. The Morgan fingerprint density at radius 2 is 2.27 bits per heavy atom. The highest BCUT2D eigenvalue weighted by Crippen LogP contribution is 2.38. The summed E-state index contributed by atoms with van der Waals surface area (Å²) in [6.07, 6.45) is 7.35. The molecule has 3 N–H and O–H groups in total. The van der Waals surface area contributed by atoms with Crippen molar-refractivity contribution in [3.8, 4) is 0 Å². The maximum Gasteiger partial charge on any atom is 0.0549 e. The van der Waals surface area contributed by atoms with Gasteiger partial charge in [-0.05, 0) is 24.3 Å². The van der Waals surface area contributed by atoms with Crippen molar-refractivity contribution in [3.63, 3.8) is 0 Å². The zero-order valence-electron chi connectivity index (χ0n) is 9.46. The van der Waals surface area contributed by atoms with Crippen LogP contribution in [0.3, 0.4) is 0 Å². The van der Waals surface area contributed by atoms with E-state index < -0.39 is 0 Å². The molecule has 1 heterocycles. The second-order valence-corrected chi connectivity index (χ2v) is 5.08. The quantitative estimate of drug-likeness (QED) is 0.780. The predicted octanol–water partition coefficient (Wildman–Crippen LogP) is 2.65. The second-order valence-electron chi connectivity index (χ2n) is 5.08. The highest BCUT2D eigenvalue weighted by molar-refractivity contribution is 5.52. The van der Waals surface area contributed by atoms with Gasteiger partial charge in [-0.2, -0.15) is 0 Å². The Bertz CT molecular complexity index is 346. The summed E-state index contributed by atoms with van der Waals surface area (Å²) in [6.45, 7) is 4.63. The summed E-state index contributed by atoms with van der Waals surface area (Å²) in [5, 5.41) is 3.53. The van der Waals surface area contributed by atoms with Gasteiger partial charge in [-0.15, -0.1) is 0 Å². The number of aromatic nitrogens is 1. The number of hydrogen-bond acceptors (Lipinski definition) is 3. The van der Waals surface area contributed by atoms with Crippen molar-refractivity contribution < 1.29 is 0 Å². The molecule has 1 aromatic heterocycles. The number of pyridine rings is 1. The fourth-order valence-electron chi connectivity index (χ4n) is 2.33. The van der Waals surface area contributed by atoms with Crippen molar-refractivity contribution in [1.82, 2.24) is 4.98 Å². The van der Waals surface area contributed by atoms with Gasteiger partial charge in [0.25, 0.3) is 0 Å². The zero-order chi connectivity index (χ0) is 10.9. The molecule has 1 aliphatic rings. The molecule has 0 saturated heterocycles. The van der Waals surface area contributed by atoms with Gasteiger partial charge >= 0.3 is 0 Å². The topological polar surface area (TPSA) is 50.9 Å². The van der Waals surface area contributed by atoms with Crippen LogP contribution >= 0.6 is 0 Å². The Morgan fingerprint density at radius 3 is 2.87 bits per heavy atom. The van der Waals surface area contributed by atoms with Gasteiger partial charge in [0, 0.05) is 12.2 Å². The zero-order valence-corrected chi connectivity index (χ0v) is 9.46. The standard InChI is InChI=1S/C12H19N3/c1-12(2)5-3-4-11(12)15-10-6-9(13)7-14-8-10/h6-8,11,15H,3-5,13H2,1-2H3. The lowest BCUT2D eigenvalue weighted by Gasteiger charge is -2.28. The van der Waals surface area contributed by atoms with Gasteiger partial charge in [-0.25, -0.2) is 0 Å². The molecular weight excluding hydrogens is 186 g/mol. The van der Waals surface area contributed by atoms with Gasteiger partial charge in [0.15, 0.2) is 0 Å². The van der Waals surface area contributed by atoms with E-state index in [1.165, 1.54) is 19.3 Å². The van der Waals surface area contributed by atoms with Crippen molar-refractivity contribution in [1.29, 1.82) is 0 Å². The molecule has 1 unspecified atom stereocenters. The second kappa shape index (κ2) is 3.72. The number of hydrogen-bond donors (Lipinski definition) is 2. The highest BCUT2D eigenvalue weighted by Gasteiger charge is 2.34. The summed E-state index contributed by atoms with van der Waals surface area (Å²) in [5.41, 5.74) is 7.83. The Balaban J connectivity index is 2.09. The third-order valence-corrected chi connectivity index (χ3v) is 3.36.